The third kappa shape index (κ3) is 6.05. The van der Waals surface area contributed by atoms with Crippen LogP contribution in [-0.4, -0.2) is 69.8 Å². The van der Waals surface area contributed by atoms with Crippen molar-refractivity contribution in [3.05, 3.63) is 95.2 Å². The molecule has 0 aliphatic carbocycles. The second kappa shape index (κ2) is 11.8. The summed E-state index contributed by atoms with van der Waals surface area (Å²) < 4.78 is 27.6. The lowest BCUT2D eigenvalue weighted by Gasteiger charge is -2.50. The van der Waals surface area contributed by atoms with Gasteiger partial charge in [0.2, 0.25) is 0 Å². The maximum Gasteiger partial charge on any atom is 0.342 e. The minimum atomic E-state index is -0.550. The summed E-state index contributed by atoms with van der Waals surface area (Å²) >= 11 is 0. The molecule has 3 aliphatic rings. The van der Waals surface area contributed by atoms with Crippen molar-refractivity contribution in [1.29, 1.82) is 0 Å². The van der Waals surface area contributed by atoms with Crippen LogP contribution in [0.25, 0.3) is 10.9 Å². The standard InChI is InChI=1S/C31H31F2N7O3/c1-38-17-25-12-11-24(38)18-39(25)29(41)28-26-14-23(36-30(42)34-15-19-2-6-21(32)7-3-19)10-13-27(26)40(37-28)31(43)35-16-20-4-8-22(33)9-5-20/h2-10,13-14,24-25H,11-12,15-18H2,1H3,(H,35,43)(H2,34,36,42). The highest BCUT2D eigenvalue weighted by Crippen LogP contribution is 2.31. The zero-order chi connectivity index (χ0) is 30.1. The van der Waals surface area contributed by atoms with E-state index in [1.54, 1.807) is 42.5 Å². The van der Waals surface area contributed by atoms with Gasteiger partial charge in [0.25, 0.3) is 5.91 Å². The van der Waals surface area contributed by atoms with Gasteiger partial charge in [-0.1, -0.05) is 24.3 Å². The van der Waals surface area contributed by atoms with Crippen LogP contribution >= 0.6 is 0 Å². The van der Waals surface area contributed by atoms with Crippen molar-refractivity contribution in [2.24, 2.45) is 0 Å². The summed E-state index contributed by atoms with van der Waals surface area (Å²) in [6.07, 6.45) is 1.92. The maximum absolute atomic E-state index is 13.9. The van der Waals surface area contributed by atoms with E-state index in [-0.39, 0.29) is 48.4 Å². The lowest BCUT2D eigenvalue weighted by molar-refractivity contribution is -0.000352. The van der Waals surface area contributed by atoms with Crippen molar-refractivity contribution in [3.63, 3.8) is 0 Å². The van der Waals surface area contributed by atoms with Crippen LogP contribution in [0.1, 0.15) is 34.5 Å². The molecule has 4 amide bonds. The molecule has 2 bridgehead atoms. The minimum absolute atomic E-state index is 0.0496. The van der Waals surface area contributed by atoms with Gasteiger partial charge in [0.1, 0.15) is 11.6 Å². The van der Waals surface area contributed by atoms with Gasteiger partial charge in [0.15, 0.2) is 5.69 Å². The number of nitrogens with one attached hydrogen (secondary N) is 3. The van der Waals surface area contributed by atoms with Crippen LogP contribution < -0.4 is 16.0 Å². The van der Waals surface area contributed by atoms with Gasteiger partial charge in [-0.3, -0.25) is 9.69 Å². The van der Waals surface area contributed by atoms with Crippen molar-refractivity contribution in [1.82, 2.24) is 30.2 Å². The molecule has 3 fully saturated rings. The van der Waals surface area contributed by atoms with Crippen LogP contribution in [0.3, 0.4) is 0 Å². The molecule has 12 heteroatoms. The van der Waals surface area contributed by atoms with Gasteiger partial charge in [0, 0.05) is 49.3 Å². The number of benzene rings is 3. The van der Waals surface area contributed by atoms with E-state index >= 15 is 0 Å². The predicted molar refractivity (Wildman–Crippen MR) is 157 cm³/mol. The van der Waals surface area contributed by atoms with Gasteiger partial charge in [-0.2, -0.15) is 9.78 Å². The van der Waals surface area contributed by atoms with E-state index in [0.29, 0.717) is 28.7 Å². The molecule has 0 saturated carbocycles. The molecule has 2 unspecified atom stereocenters. The largest absolute Gasteiger partial charge is 0.342 e. The first-order chi connectivity index (χ1) is 20.7. The van der Waals surface area contributed by atoms with Gasteiger partial charge in [0.05, 0.1) is 5.52 Å². The summed E-state index contributed by atoms with van der Waals surface area (Å²) in [5, 5.41) is 13.2. The lowest BCUT2D eigenvalue weighted by Crippen LogP contribution is -2.62. The number of likely N-dealkylation sites (N-methyl/N-ethyl adjacent to an activating group) is 1. The second-order valence-corrected chi connectivity index (χ2v) is 11.0. The van der Waals surface area contributed by atoms with Crippen molar-refractivity contribution < 1.29 is 23.2 Å². The van der Waals surface area contributed by atoms with Crippen molar-refractivity contribution in [2.75, 3.05) is 25.5 Å². The monoisotopic (exact) mass is 587 g/mol. The van der Waals surface area contributed by atoms with Crippen molar-refractivity contribution >= 4 is 34.6 Å². The second-order valence-electron chi connectivity index (χ2n) is 11.0. The fourth-order valence-corrected chi connectivity index (χ4v) is 5.75. The number of carbonyl (C=O) groups excluding carboxylic acids is 3. The number of amides is 4. The van der Waals surface area contributed by atoms with E-state index in [4.69, 9.17) is 0 Å². The summed E-state index contributed by atoms with van der Waals surface area (Å²) in [4.78, 5) is 43.9. The Morgan fingerprint density at radius 3 is 2.07 bits per heavy atom. The number of carbonyl (C=O) groups is 3. The summed E-state index contributed by atoms with van der Waals surface area (Å²) in [5.41, 5.74) is 2.36. The molecule has 0 spiro atoms. The fraction of sp³-hybridized carbons (Fsp3) is 0.290. The van der Waals surface area contributed by atoms with Gasteiger partial charge in [-0.25, -0.2) is 18.4 Å². The van der Waals surface area contributed by atoms with Gasteiger partial charge in [-0.15, -0.1) is 0 Å². The van der Waals surface area contributed by atoms with Crippen LogP contribution in [0.4, 0.5) is 24.1 Å². The molecule has 1 aromatic heterocycles. The summed E-state index contributed by atoms with van der Waals surface area (Å²) in [6.45, 7) is 1.68. The Morgan fingerprint density at radius 1 is 0.837 bits per heavy atom. The molecular weight excluding hydrogens is 556 g/mol. The molecule has 3 N–H and O–H groups in total. The van der Waals surface area contributed by atoms with Gasteiger partial charge >= 0.3 is 12.1 Å². The SMILES string of the molecule is CN1CC2CCC1CN2C(=O)c1nn(C(=O)NCc2ccc(F)cc2)c2ccc(NC(=O)NCc3ccc(F)cc3)cc12. The van der Waals surface area contributed by atoms with E-state index in [1.807, 2.05) is 4.90 Å². The van der Waals surface area contributed by atoms with Crippen LogP contribution in [0, 0.1) is 11.6 Å². The van der Waals surface area contributed by atoms with Crippen LogP contribution in [0.5, 0.6) is 0 Å². The smallest absolute Gasteiger partial charge is 0.334 e. The molecule has 7 rings (SSSR count). The number of rotatable bonds is 6. The van der Waals surface area contributed by atoms with E-state index in [0.717, 1.165) is 29.6 Å². The molecule has 43 heavy (non-hydrogen) atoms. The average molecular weight is 588 g/mol. The first-order valence-electron chi connectivity index (χ1n) is 14.1. The third-order valence-corrected chi connectivity index (χ3v) is 8.12. The number of aromatic nitrogens is 2. The third-order valence-electron chi connectivity index (χ3n) is 8.12. The number of piperazine rings is 1. The van der Waals surface area contributed by atoms with E-state index in [1.165, 1.54) is 24.3 Å². The number of anilines is 1. The van der Waals surface area contributed by atoms with Gasteiger partial charge < -0.3 is 20.9 Å². The highest BCUT2D eigenvalue weighted by atomic mass is 19.1. The van der Waals surface area contributed by atoms with Crippen LogP contribution in [0.15, 0.2) is 66.7 Å². The molecule has 3 aliphatic heterocycles. The number of piperidine rings is 2. The molecule has 222 valence electrons. The molecule has 3 saturated heterocycles. The Bertz CT molecular complexity index is 1670. The number of fused-ring (bicyclic) bond motifs is 4. The molecule has 0 radical (unpaired) electrons. The van der Waals surface area contributed by atoms with E-state index in [2.05, 4.69) is 33.0 Å². The molecule has 4 heterocycles. The predicted octanol–water partition coefficient (Wildman–Crippen LogP) is 4.31. The summed E-state index contributed by atoms with van der Waals surface area (Å²) in [6, 6.07) is 15.7. The Morgan fingerprint density at radius 2 is 1.47 bits per heavy atom. The topological polar surface area (TPSA) is 112 Å². The first kappa shape index (κ1) is 28.3. The molecule has 2 atom stereocenters. The average Bonchev–Trinajstić information content (AvgIpc) is 3.39. The number of hydrogen-bond acceptors (Lipinski definition) is 5. The first-order valence-corrected chi connectivity index (χ1v) is 14.1. The molecule has 10 nitrogen and oxygen atoms in total. The minimum Gasteiger partial charge on any atom is -0.334 e. The quantitative estimate of drug-likeness (QED) is 0.311. The Balaban J connectivity index is 1.25. The maximum atomic E-state index is 13.9. The molecular formula is C31H31F2N7O3. The number of hydrogen-bond donors (Lipinski definition) is 3. The van der Waals surface area contributed by atoms with E-state index < -0.39 is 12.1 Å². The number of nitrogens with zero attached hydrogens (tertiary/aromatic N) is 4. The zero-order valence-corrected chi connectivity index (χ0v) is 23.5. The Labute approximate surface area is 246 Å². The van der Waals surface area contributed by atoms with Crippen LogP contribution in [0.2, 0.25) is 0 Å². The molecule has 4 aromatic rings. The van der Waals surface area contributed by atoms with Crippen LogP contribution in [-0.2, 0) is 13.1 Å². The normalized spacial score (nSPS) is 18.1. The summed E-state index contributed by atoms with van der Waals surface area (Å²) in [7, 11) is 2.06. The van der Waals surface area contributed by atoms with Crippen molar-refractivity contribution in [3.8, 4) is 0 Å². The fourth-order valence-electron chi connectivity index (χ4n) is 5.75. The van der Waals surface area contributed by atoms with Gasteiger partial charge in [-0.05, 0) is 73.5 Å². The van der Waals surface area contributed by atoms with Crippen molar-refractivity contribution in [2.45, 2.75) is 38.0 Å². The molecule has 3 aromatic carbocycles. The number of urea groups is 1. The van der Waals surface area contributed by atoms with E-state index in [9.17, 15) is 23.2 Å². The highest BCUT2D eigenvalue weighted by molar-refractivity contribution is 6.08. The highest BCUT2D eigenvalue weighted by Gasteiger charge is 2.41. The Hall–Kier alpha value is -4.84. The Kier molecular flexibility index (Phi) is 7.76. The summed E-state index contributed by atoms with van der Waals surface area (Å²) in [5.74, 6) is -1.00. The lowest BCUT2D eigenvalue weighted by atomic mass is 9.91. The zero-order valence-electron chi connectivity index (χ0n) is 23.5. The number of halogens is 2.